The van der Waals surface area contributed by atoms with Crippen LogP contribution in [-0.2, 0) is 17.8 Å². The highest BCUT2D eigenvalue weighted by atomic mass is 19.1. The molecule has 0 N–H and O–H groups in total. The van der Waals surface area contributed by atoms with E-state index in [4.69, 9.17) is 21.3 Å². The first-order chi connectivity index (χ1) is 20.5. The standard InChI is InChI=1S/C32H36FN7O2/c1-4-29(41)40-17-16-39(19-24(40)18-34-2)31-26-13-15-38(30-25-10-6-5-8-22(25)11-12-27(30)33)20-28(26)35-32(36-31)42-21-23-9-7-14-37(23)3/h4-6,8,10-12,23-24H,1,7,9,13-21H2,3H3/t23-,24?/m0/s1. The van der Waals surface area contributed by atoms with Gasteiger partial charge in [0.05, 0.1) is 17.9 Å². The molecule has 0 bridgehead atoms. The van der Waals surface area contributed by atoms with Crippen LogP contribution in [0.15, 0.2) is 49.1 Å². The molecule has 9 nitrogen and oxygen atoms in total. The first-order valence-corrected chi connectivity index (χ1v) is 14.6. The van der Waals surface area contributed by atoms with E-state index in [-0.39, 0.29) is 24.3 Å². The van der Waals surface area contributed by atoms with Crippen molar-refractivity contribution in [1.29, 1.82) is 0 Å². The number of anilines is 2. The fourth-order valence-electron chi connectivity index (χ4n) is 6.53. The zero-order valence-corrected chi connectivity index (χ0v) is 24.0. The molecule has 218 valence electrons. The summed E-state index contributed by atoms with van der Waals surface area (Å²) < 4.78 is 21.6. The molecule has 2 saturated heterocycles. The van der Waals surface area contributed by atoms with Crippen LogP contribution in [0, 0.1) is 12.4 Å². The predicted molar refractivity (Wildman–Crippen MR) is 161 cm³/mol. The van der Waals surface area contributed by atoms with E-state index < -0.39 is 0 Å². The van der Waals surface area contributed by atoms with Crippen LogP contribution in [-0.4, -0.2) is 90.7 Å². The van der Waals surface area contributed by atoms with Gasteiger partial charge in [0.1, 0.15) is 24.3 Å². The number of hydrogen-bond acceptors (Lipinski definition) is 7. The number of amides is 1. The van der Waals surface area contributed by atoms with E-state index in [2.05, 4.69) is 33.2 Å². The van der Waals surface area contributed by atoms with Crippen LogP contribution in [0.1, 0.15) is 24.1 Å². The van der Waals surface area contributed by atoms with Crippen LogP contribution in [0.25, 0.3) is 15.6 Å². The first kappa shape index (κ1) is 27.9. The Morgan fingerprint density at radius 3 is 2.79 bits per heavy atom. The molecule has 10 heteroatoms. The van der Waals surface area contributed by atoms with Crippen LogP contribution in [0.2, 0.25) is 0 Å². The molecule has 4 heterocycles. The average molecular weight is 570 g/mol. The van der Waals surface area contributed by atoms with Crippen molar-refractivity contribution in [1.82, 2.24) is 19.8 Å². The fourth-order valence-corrected chi connectivity index (χ4v) is 6.53. The smallest absolute Gasteiger partial charge is 0.318 e. The number of carbonyl (C=O) groups is 1. The zero-order chi connectivity index (χ0) is 29.2. The molecule has 0 saturated carbocycles. The van der Waals surface area contributed by atoms with Crippen molar-refractivity contribution in [2.24, 2.45) is 0 Å². The number of carbonyl (C=O) groups excluding carboxylic acids is 1. The van der Waals surface area contributed by atoms with Gasteiger partial charge >= 0.3 is 6.01 Å². The molecule has 6 rings (SSSR count). The minimum Gasteiger partial charge on any atom is -0.462 e. The Labute approximate surface area is 246 Å². The van der Waals surface area contributed by atoms with Gasteiger partial charge in [0.2, 0.25) is 12.5 Å². The SMILES string of the molecule is [C-]#[N+]CC1CN(c2nc(OC[C@@H]3CCCN3C)nc3c2CCN(c2c(F)ccc4ccccc24)C3)CCN1C(=O)C=C. The Bertz CT molecular complexity index is 1540. The summed E-state index contributed by atoms with van der Waals surface area (Å²) in [4.78, 5) is 34.2. The molecule has 0 radical (unpaired) electrons. The van der Waals surface area contributed by atoms with Gasteiger partial charge < -0.3 is 29.2 Å². The Kier molecular flexibility index (Phi) is 7.94. The van der Waals surface area contributed by atoms with Crippen molar-refractivity contribution >= 4 is 28.2 Å². The maximum Gasteiger partial charge on any atom is 0.318 e. The summed E-state index contributed by atoms with van der Waals surface area (Å²) in [5, 5.41) is 1.87. The number of fused-ring (bicyclic) bond motifs is 2. The molecule has 1 aromatic heterocycles. The number of rotatable bonds is 7. The summed E-state index contributed by atoms with van der Waals surface area (Å²) in [6.07, 6.45) is 4.16. The van der Waals surface area contributed by atoms with Crippen LogP contribution in [0.3, 0.4) is 0 Å². The van der Waals surface area contributed by atoms with Crippen LogP contribution >= 0.6 is 0 Å². The van der Waals surface area contributed by atoms with E-state index in [1.165, 1.54) is 12.1 Å². The average Bonchev–Trinajstić information content (AvgIpc) is 3.43. The van der Waals surface area contributed by atoms with E-state index in [1.807, 2.05) is 30.3 Å². The number of likely N-dealkylation sites (tertiary alicyclic amines) is 1. The van der Waals surface area contributed by atoms with Gasteiger partial charge in [-0.15, -0.1) is 0 Å². The Hall–Kier alpha value is -4.23. The van der Waals surface area contributed by atoms with E-state index >= 15 is 4.39 Å². The Morgan fingerprint density at radius 1 is 1.14 bits per heavy atom. The number of hydrogen-bond donors (Lipinski definition) is 0. The molecule has 0 spiro atoms. The molecule has 1 unspecified atom stereocenters. The lowest BCUT2D eigenvalue weighted by Gasteiger charge is -2.41. The molecule has 3 aliphatic heterocycles. The Morgan fingerprint density at radius 2 is 2.00 bits per heavy atom. The summed E-state index contributed by atoms with van der Waals surface area (Å²) in [5.41, 5.74) is 2.42. The van der Waals surface area contributed by atoms with Gasteiger partial charge in [-0.2, -0.15) is 9.97 Å². The third-order valence-electron chi connectivity index (χ3n) is 8.81. The van der Waals surface area contributed by atoms with Crippen molar-refractivity contribution in [2.45, 2.75) is 37.9 Å². The van der Waals surface area contributed by atoms with Crippen molar-refractivity contribution < 1.29 is 13.9 Å². The third-order valence-corrected chi connectivity index (χ3v) is 8.81. The highest BCUT2D eigenvalue weighted by Crippen LogP contribution is 2.36. The minimum atomic E-state index is -0.270. The number of likely N-dealkylation sites (N-methyl/N-ethyl adjacent to an activating group) is 1. The maximum absolute atomic E-state index is 15.3. The number of halogens is 1. The van der Waals surface area contributed by atoms with Gasteiger partial charge in [-0.3, -0.25) is 4.79 Å². The number of nitrogens with zero attached hydrogens (tertiary/aromatic N) is 7. The molecule has 2 atom stereocenters. The van der Waals surface area contributed by atoms with Gasteiger partial charge in [-0.1, -0.05) is 36.9 Å². The summed E-state index contributed by atoms with van der Waals surface area (Å²) in [6.45, 7) is 15.4. The van der Waals surface area contributed by atoms with E-state index in [1.54, 1.807) is 4.90 Å². The monoisotopic (exact) mass is 569 g/mol. The Balaban J connectivity index is 1.34. The number of aromatic nitrogens is 2. The topological polar surface area (TPSA) is 69.4 Å². The number of piperazine rings is 1. The molecule has 2 fully saturated rings. The summed E-state index contributed by atoms with van der Waals surface area (Å²) in [6, 6.07) is 11.6. The quantitative estimate of drug-likeness (QED) is 0.316. The molecule has 1 amide bonds. The largest absolute Gasteiger partial charge is 0.462 e. The van der Waals surface area contributed by atoms with Gasteiger partial charge in [0, 0.05) is 43.2 Å². The fraction of sp³-hybridized carbons (Fsp3) is 0.438. The molecular formula is C32H36FN7O2. The van der Waals surface area contributed by atoms with E-state index in [0.717, 1.165) is 47.2 Å². The predicted octanol–water partition coefficient (Wildman–Crippen LogP) is 3.93. The summed E-state index contributed by atoms with van der Waals surface area (Å²) in [7, 11) is 2.11. The second kappa shape index (κ2) is 11.9. The second-order valence-electron chi connectivity index (χ2n) is 11.3. The highest BCUT2D eigenvalue weighted by molar-refractivity contribution is 5.94. The molecule has 42 heavy (non-hydrogen) atoms. The van der Waals surface area contributed by atoms with Crippen LogP contribution < -0.4 is 14.5 Å². The first-order valence-electron chi connectivity index (χ1n) is 14.6. The third kappa shape index (κ3) is 5.37. The lowest BCUT2D eigenvalue weighted by molar-refractivity contribution is -0.128. The lowest BCUT2D eigenvalue weighted by atomic mass is 10.0. The maximum atomic E-state index is 15.3. The van der Waals surface area contributed by atoms with E-state index in [0.29, 0.717) is 63.5 Å². The van der Waals surface area contributed by atoms with Gasteiger partial charge in [0.25, 0.3) is 0 Å². The van der Waals surface area contributed by atoms with Crippen molar-refractivity contribution in [2.75, 3.05) is 62.7 Å². The molecular weight excluding hydrogens is 533 g/mol. The van der Waals surface area contributed by atoms with Gasteiger partial charge in [-0.25, -0.2) is 11.0 Å². The van der Waals surface area contributed by atoms with Crippen LogP contribution in [0.4, 0.5) is 15.9 Å². The number of ether oxygens (including phenoxy) is 1. The molecule has 0 aliphatic carbocycles. The second-order valence-corrected chi connectivity index (χ2v) is 11.3. The van der Waals surface area contributed by atoms with Gasteiger partial charge in [-0.05, 0) is 50.4 Å². The van der Waals surface area contributed by atoms with Crippen molar-refractivity contribution in [3.63, 3.8) is 0 Å². The van der Waals surface area contributed by atoms with Crippen molar-refractivity contribution in [3.05, 3.63) is 77.5 Å². The van der Waals surface area contributed by atoms with E-state index in [9.17, 15) is 4.79 Å². The van der Waals surface area contributed by atoms with Crippen molar-refractivity contribution in [3.8, 4) is 6.01 Å². The normalized spacial score (nSPS) is 20.8. The minimum absolute atomic E-state index is 0.162. The number of benzene rings is 2. The highest BCUT2D eigenvalue weighted by Gasteiger charge is 2.35. The van der Waals surface area contributed by atoms with Gasteiger partial charge in [0.15, 0.2) is 0 Å². The lowest BCUT2D eigenvalue weighted by Crippen LogP contribution is -2.56. The zero-order valence-electron chi connectivity index (χ0n) is 24.0. The van der Waals surface area contributed by atoms with Crippen LogP contribution in [0.5, 0.6) is 6.01 Å². The molecule has 3 aromatic rings. The summed E-state index contributed by atoms with van der Waals surface area (Å²) >= 11 is 0. The summed E-state index contributed by atoms with van der Waals surface area (Å²) in [5.74, 6) is 0.371. The molecule has 3 aliphatic rings. The molecule has 2 aromatic carbocycles.